The van der Waals surface area contributed by atoms with Gasteiger partial charge in [0.1, 0.15) is 4.64 Å². The number of benzene rings is 1. The quantitative estimate of drug-likeness (QED) is 0.502. The lowest BCUT2D eigenvalue weighted by Gasteiger charge is -2.04. The van der Waals surface area contributed by atoms with Crippen LogP contribution in [0.25, 0.3) is 10.9 Å². The largest absolute Gasteiger partial charge is 0.310 e. The maximum atomic E-state index is 5.43. The fourth-order valence-corrected chi connectivity index (χ4v) is 3.05. The smallest absolute Gasteiger partial charge is 0.169 e. The second kappa shape index (κ2) is 3.07. The van der Waals surface area contributed by atoms with E-state index < -0.39 is 0 Å². The Morgan fingerprint density at radius 1 is 1.36 bits per heavy atom. The van der Waals surface area contributed by atoms with E-state index in [1.165, 1.54) is 0 Å². The first-order chi connectivity index (χ1) is 6.86. The summed E-state index contributed by atoms with van der Waals surface area (Å²) in [6.07, 6.45) is 0. The first-order valence-electron chi connectivity index (χ1n) is 4.48. The molecular weight excluding hydrogens is 212 g/mol. The molecule has 14 heavy (non-hydrogen) atoms. The van der Waals surface area contributed by atoms with Gasteiger partial charge in [0.05, 0.1) is 5.52 Å². The molecule has 1 aromatic carbocycles. The molecule has 0 radical (unpaired) electrons. The van der Waals surface area contributed by atoms with Crippen LogP contribution in [0.4, 0.5) is 0 Å². The van der Waals surface area contributed by atoms with E-state index in [1.54, 1.807) is 11.8 Å². The Morgan fingerprint density at radius 3 is 3.14 bits per heavy atom. The number of nitrogens with zero attached hydrogens (tertiary/aromatic N) is 2. The normalized spacial score (nSPS) is 14.6. The van der Waals surface area contributed by atoms with Crippen LogP contribution in [0.3, 0.4) is 0 Å². The minimum Gasteiger partial charge on any atom is -0.310 e. The molecule has 2 nitrogen and oxygen atoms in total. The van der Waals surface area contributed by atoms with Crippen molar-refractivity contribution < 1.29 is 0 Å². The number of hydrogen-bond acceptors (Lipinski definition) is 3. The van der Waals surface area contributed by atoms with Gasteiger partial charge in [-0.2, -0.15) is 0 Å². The highest BCUT2D eigenvalue weighted by Crippen LogP contribution is 2.27. The van der Waals surface area contributed by atoms with Crippen LogP contribution in [-0.4, -0.2) is 15.3 Å². The summed E-state index contributed by atoms with van der Waals surface area (Å²) in [7, 11) is 0. The van der Waals surface area contributed by atoms with E-state index in [9.17, 15) is 0 Å². The van der Waals surface area contributed by atoms with Gasteiger partial charge in [-0.3, -0.25) is 0 Å². The van der Waals surface area contributed by atoms with Crippen molar-refractivity contribution in [1.29, 1.82) is 0 Å². The summed E-state index contributed by atoms with van der Waals surface area (Å²) >= 11 is 7.21. The van der Waals surface area contributed by atoms with Gasteiger partial charge in [0.25, 0.3) is 0 Å². The third-order valence-corrected chi connectivity index (χ3v) is 3.77. The fraction of sp³-hybridized carbons (Fsp3) is 0.200. The van der Waals surface area contributed by atoms with Crippen LogP contribution < -0.4 is 0 Å². The molecule has 2 aromatic rings. The Morgan fingerprint density at radius 2 is 2.21 bits per heavy atom. The van der Waals surface area contributed by atoms with Gasteiger partial charge in [-0.05, 0) is 12.1 Å². The molecule has 1 aromatic heterocycles. The van der Waals surface area contributed by atoms with Gasteiger partial charge in [0, 0.05) is 17.7 Å². The van der Waals surface area contributed by atoms with Crippen molar-refractivity contribution in [3.05, 3.63) is 28.9 Å². The lowest BCUT2D eigenvalue weighted by atomic mass is 10.2. The number of aromatic nitrogens is 2. The number of hydrogen-bond donors (Lipinski definition) is 0. The van der Waals surface area contributed by atoms with Gasteiger partial charge < -0.3 is 4.57 Å². The van der Waals surface area contributed by atoms with Gasteiger partial charge in [0.2, 0.25) is 0 Å². The molecule has 3 rings (SSSR count). The molecule has 0 unspecified atom stereocenters. The first-order valence-corrected chi connectivity index (χ1v) is 5.88. The number of rotatable bonds is 0. The molecule has 4 heteroatoms. The topological polar surface area (TPSA) is 17.8 Å². The third-order valence-electron chi connectivity index (χ3n) is 2.37. The minimum atomic E-state index is 0.926. The number of fused-ring (bicyclic) bond motifs is 2. The summed E-state index contributed by atoms with van der Waals surface area (Å²) < 4.78 is 3.05. The van der Waals surface area contributed by atoms with Crippen LogP contribution in [0.15, 0.2) is 29.4 Å². The van der Waals surface area contributed by atoms with Crippen molar-refractivity contribution >= 4 is 34.9 Å². The molecule has 1 aliphatic heterocycles. The highest BCUT2D eigenvalue weighted by Gasteiger charge is 2.13. The van der Waals surface area contributed by atoms with E-state index in [0.717, 1.165) is 33.0 Å². The molecule has 0 N–H and O–H groups in total. The third kappa shape index (κ3) is 1.11. The van der Waals surface area contributed by atoms with Crippen LogP contribution in [-0.2, 0) is 6.54 Å². The average Bonchev–Trinajstić information content (AvgIpc) is 2.66. The second-order valence-electron chi connectivity index (χ2n) is 3.22. The monoisotopic (exact) mass is 220 g/mol. The van der Waals surface area contributed by atoms with Crippen LogP contribution in [0, 0.1) is 4.64 Å². The molecule has 0 fully saturated rings. The minimum absolute atomic E-state index is 0.926. The summed E-state index contributed by atoms with van der Waals surface area (Å²) in [6.45, 7) is 0.997. The van der Waals surface area contributed by atoms with Crippen LogP contribution in [0.2, 0.25) is 0 Å². The van der Waals surface area contributed by atoms with E-state index in [0.29, 0.717) is 0 Å². The Kier molecular flexibility index (Phi) is 1.85. The summed E-state index contributed by atoms with van der Waals surface area (Å²) in [4.78, 5) is 4.58. The van der Waals surface area contributed by atoms with Crippen molar-refractivity contribution in [2.45, 2.75) is 11.7 Å². The predicted molar refractivity (Wildman–Crippen MR) is 61.3 cm³/mol. The molecule has 0 atom stereocenters. The lowest BCUT2D eigenvalue weighted by Crippen LogP contribution is -2.00. The standard InChI is InChI=1S/C10H8N2S2/c13-9-7-3-1-2-4-8(7)11-10-12(9)5-6-14-10/h1-4H,5-6H2. The molecule has 70 valence electrons. The highest BCUT2D eigenvalue weighted by molar-refractivity contribution is 7.99. The molecule has 0 aliphatic carbocycles. The Bertz CT molecular complexity index is 560. The van der Waals surface area contributed by atoms with E-state index in [2.05, 4.69) is 9.55 Å². The average molecular weight is 220 g/mol. The zero-order chi connectivity index (χ0) is 9.54. The van der Waals surface area contributed by atoms with Crippen molar-refractivity contribution in [1.82, 2.24) is 9.55 Å². The summed E-state index contributed by atoms with van der Waals surface area (Å²) in [5, 5.41) is 2.16. The fourth-order valence-electron chi connectivity index (χ4n) is 1.68. The maximum absolute atomic E-state index is 5.43. The second-order valence-corrected chi connectivity index (χ2v) is 4.67. The molecule has 0 saturated carbocycles. The molecular formula is C10H8N2S2. The zero-order valence-electron chi connectivity index (χ0n) is 7.43. The van der Waals surface area contributed by atoms with Crippen LogP contribution >= 0.6 is 24.0 Å². The summed E-state index contributed by atoms with van der Waals surface area (Å²) in [5.74, 6) is 1.09. The highest BCUT2D eigenvalue weighted by atomic mass is 32.2. The summed E-state index contributed by atoms with van der Waals surface area (Å²) in [6, 6.07) is 8.07. The zero-order valence-corrected chi connectivity index (χ0v) is 9.07. The van der Waals surface area contributed by atoms with E-state index in [-0.39, 0.29) is 0 Å². The lowest BCUT2D eigenvalue weighted by molar-refractivity contribution is 0.684. The van der Waals surface area contributed by atoms with Crippen molar-refractivity contribution in [2.75, 3.05) is 5.75 Å². The van der Waals surface area contributed by atoms with Crippen molar-refractivity contribution in [2.24, 2.45) is 0 Å². The van der Waals surface area contributed by atoms with Gasteiger partial charge in [-0.25, -0.2) is 4.98 Å². The van der Waals surface area contributed by atoms with Crippen LogP contribution in [0.1, 0.15) is 0 Å². The van der Waals surface area contributed by atoms with Crippen molar-refractivity contribution in [3.8, 4) is 0 Å². The molecule has 1 aliphatic rings. The number of thioether (sulfide) groups is 1. The predicted octanol–water partition coefficient (Wildman–Crippen LogP) is 2.87. The molecule has 0 saturated heterocycles. The molecule has 2 heterocycles. The Hall–Kier alpha value is -0.870. The van der Waals surface area contributed by atoms with Gasteiger partial charge in [-0.15, -0.1) is 0 Å². The van der Waals surface area contributed by atoms with Crippen LogP contribution in [0.5, 0.6) is 0 Å². The summed E-state index contributed by atoms with van der Waals surface area (Å²) in [5.41, 5.74) is 1.01. The SMILES string of the molecule is S=c1c2ccccc2nc2n1CCS2. The van der Waals surface area contributed by atoms with Crippen molar-refractivity contribution in [3.63, 3.8) is 0 Å². The van der Waals surface area contributed by atoms with E-state index in [4.69, 9.17) is 12.2 Å². The Balaban J connectivity index is 2.50. The maximum Gasteiger partial charge on any atom is 0.169 e. The van der Waals surface area contributed by atoms with E-state index in [1.807, 2.05) is 24.3 Å². The molecule has 0 bridgehead atoms. The van der Waals surface area contributed by atoms with Gasteiger partial charge >= 0.3 is 0 Å². The molecule has 0 amide bonds. The Labute approximate surface area is 91.0 Å². The van der Waals surface area contributed by atoms with Gasteiger partial charge in [0.15, 0.2) is 5.16 Å². The van der Waals surface area contributed by atoms with Gasteiger partial charge in [-0.1, -0.05) is 36.1 Å². The number of para-hydroxylation sites is 1. The molecule has 0 spiro atoms. The van der Waals surface area contributed by atoms with E-state index >= 15 is 0 Å². The first kappa shape index (κ1) is 8.44.